The number of nitrogens with one attached hydrogen (secondary N) is 1. The van der Waals surface area contributed by atoms with E-state index in [1.165, 1.54) is 19.1 Å². The first-order valence-electron chi connectivity index (χ1n) is 13.4. The molecular formula is C31H33N3O8. The summed E-state index contributed by atoms with van der Waals surface area (Å²) in [6.07, 6.45) is 0.145. The van der Waals surface area contributed by atoms with Gasteiger partial charge in [-0.2, -0.15) is 0 Å². The van der Waals surface area contributed by atoms with Crippen molar-refractivity contribution in [2.45, 2.75) is 25.8 Å². The molecule has 11 nitrogen and oxygen atoms in total. The minimum Gasteiger partial charge on any atom is -0.497 e. The minimum atomic E-state index is -1.03. The Hall–Kier alpha value is -5.06. The van der Waals surface area contributed by atoms with Crippen LogP contribution in [0.1, 0.15) is 29.3 Å². The van der Waals surface area contributed by atoms with E-state index in [-0.39, 0.29) is 19.6 Å². The lowest BCUT2D eigenvalue weighted by Gasteiger charge is -2.22. The number of esters is 1. The number of urea groups is 1. The fourth-order valence-corrected chi connectivity index (χ4v) is 4.63. The van der Waals surface area contributed by atoms with E-state index in [9.17, 15) is 19.2 Å². The Kier molecular flexibility index (Phi) is 9.64. The molecular weight excluding hydrogens is 542 g/mol. The van der Waals surface area contributed by atoms with E-state index in [0.717, 1.165) is 10.5 Å². The molecule has 0 saturated carbocycles. The zero-order valence-electron chi connectivity index (χ0n) is 23.9. The van der Waals surface area contributed by atoms with Gasteiger partial charge in [0, 0.05) is 12.2 Å². The van der Waals surface area contributed by atoms with Crippen LogP contribution in [-0.2, 0) is 20.7 Å². The third-order valence-electron chi connectivity index (χ3n) is 6.80. The molecule has 1 fully saturated rings. The van der Waals surface area contributed by atoms with Crippen molar-refractivity contribution >= 4 is 35.2 Å². The van der Waals surface area contributed by atoms with Gasteiger partial charge in [0.1, 0.15) is 11.8 Å². The Bertz CT molecular complexity index is 1440. The van der Waals surface area contributed by atoms with Crippen LogP contribution < -0.4 is 24.4 Å². The number of nitrogens with zero attached hydrogens (tertiary/aromatic N) is 2. The summed E-state index contributed by atoms with van der Waals surface area (Å²) in [5.41, 5.74) is 2.02. The molecule has 0 bridgehead atoms. The predicted molar refractivity (Wildman–Crippen MR) is 155 cm³/mol. The van der Waals surface area contributed by atoms with E-state index < -0.39 is 29.9 Å². The molecule has 0 unspecified atom stereocenters. The van der Waals surface area contributed by atoms with Crippen LogP contribution in [-0.4, -0.2) is 69.2 Å². The zero-order valence-corrected chi connectivity index (χ0v) is 23.9. The largest absolute Gasteiger partial charge is 0.497 e. The van der Waals surface area contributed by atoms with Crippen molar-refractivity contribution in [1.82, 2.24) is 4.90 Å². The molecule has 1 heterocycles. The van der Waals surface area contributed by atoms with Crippen LogP contribution in [0, 0.1) is 0 Å². The molecule has 0 spiro atoms. The van der Waals surface area contributed by atoms with Gasteiger partial charge >= 0.3 is 12.0 Å². The molecule has 11 heteroatoms. The highest BCUT2D eigenvalue weighted by atomic mass is 16.5. The second-order valence-corrected chi connectivity index (χ2v) is 9.35. The third-order valence-corrected chi connectivity index (χ3v) is 6.80. The van der Waals surface area contributed by atoms with Crippen molar-refractivity contribution in [1.29, 1.82) is 0 Å². The SMILES string of the molecule is CCOC(=O)c1ccc(NC(=O)C[C@H]2C(=O)N(c3ccc(OC)cc3)C(=O)N2CCc2ccc(OC)c(OC)c2)cc1. The lowest BCUT2D eigenvalue weighted by atomic mass is 10.1. The van der Waals surface area contributed by atoms with Crippen LogP contribution in [0.25, 0.3) is 0 Å². The molecule has 4 rings (SSSR count). The normalized spacial score (nSPS) is 14.5. The number of hydrogen-bond donors (Lipinski definition) is 1. The first-order valence-corrected chi connectivity index (χ1v) is 13.4. The molecule has 4 amide bonds. The molecule has 42 heavy (non-hydrogen) atoms. The van der Waals surface area contributed by atoms with Gasteiger partial charge in [-0.05, 0) is 79.6 Å². The van der Waals surface area contributed by atoms with Gasteiger partial charge < -0.3 is 29.2 Å². The van der Waals surface area contributed by atoms with Gasteiger partial charge in [0.15, 0.2) is 11.5 Å². The quantitative estimate of drug-likeness (QED) is 0.251. The minimum absolute atomic E-state index is 0.179. The van der Waals surface area contributed by atoms with E-state index in [1.54, 1.807) is 68.6 Å². The maximum absolute atomic E-state index is 13.6. The summed E-state index contributed by atoms with van der Waals surface area (Å²) in [6.45, 7) is 2.15. The van der Waals surface area contributed by atoms with Gasteiger partial charge in [0.2, 0.25) is 5.91 Å². The number of ether oxygens (including phenoxy) is 4. The number of rotatable bonds is 12. The zero-order chi connectivity index (χ0) is 30.2. The monoisotopic (exact) mass is 575 g/mol. The number of carbonyl (C=O) groups excluding carboxylic acids is 4. The first-order chi connectivity index (χ1) is 20.3. The Labute approximate surface area is 243 Å². The average molecular weight is 576 g/mol. The van der Waals surface area contributed by atoms with E-state index in [0.29, 0.717) is 40.6 Å². The highest BCUT2D eigenvalue weighted by Gasteiger charge is 2.46. The van der Waals surface area contributed by atoms with Crippen molar-refractivity contribution in [3.63, 3.8) is 0 Å². The number of hydrogen-bond acceptors (Lipinski definition) is 8. The molecule has 0 radical (unpaired) electrons. The van der Waals surface area contributed by atoms with Crippen LogP contribution in [0.4, 0.5) is 16.2 Å². The fraction of sp³-hybridized carbons (Fsp3) is 0.290. The molecule has 220 valence electrons. The van der Waals surface area contributed by atoms with Gasteiger partial charge in [-0.1, -0.05) is 6.07 Å². The van der Waals surface area contributed by atoms with Crippen LogP contribution in [0.3, 0.4) is 0 Å². The van der Waals surface area contributed by atoms with Crippen molar-refractivity contribution < 1.29 is 38.1 Å². The van der Waals surface area contributed by atoms with Crippen molar-refractivity contribution in [2.24, 2.45) is 0 Å². The Morgan fingerprint density at radius 1 is 0.857 bits per heavy atom. The summed E-state index contributed by atoms with van der Waals surface area (Å²) in [7, 11) is 4.61. The average Bonchev–Trinajstić information content (AvgIpc) is 3.23. The molecule has 1 N–H and O–H groups in total. The number of imide groups is 1. The summed E-state index contributed by atoms with van der Waals surface area (Å²) < 4.78 is 20.9. The number of methoxy groups -OCH3 is 3. The number of amides is 4. The van der Waals surface area contributed by atoms with Crippen LogP contribution in [0.15, 0.2) is 66.7 Å². The topological polar surface area (TPSA) is 124 Å². The maximum atomic E-state index is 13.6. The number of benzene rings is 3. The molecule has 0 aliphatic carbocycles. The van der Waals surface area contributed by atoms with Gasteiger partial charge in [-0.15, -0.1) is 0 Å². The highest BCUT2D eigenvalue weighted by Crippen LogP contribution is 2.31. The van der Waals surface area contributed by atoms with Gasteiger partial charge in [-0.3, -0.25) is 9.59 Å². The summed E-state index contributed by atoms with van der Waals surface area (Å²) in [4.78, 5) is 54.7. The molecule has 1 saturated heterocycles. The highest BCUT2D eigenvalue weighted by molar-refractivity contribution is 6.22. The van der Waals surface area contributed by atoms with E-state index in [2.05, 4.69) is 5.32 Å². The summed E-state index contributed by atoms with van der Waals surface area (Å²) >= 11 is 0. The van der Waals surface area contributed by atoms with Crippen LogP contribution in [0.5, 0.6) is 17.2 Å². The fourth-order valence-electron chi connectivity index (χ4n) is 4.63. The Morgan fingerprint density at radius 2 is 1.55 bits per heavy atom. The van der Waals surface area contributed by atoms with Crippen LogP contribution in [0.2, 0.25) is 0 Å². The summed E-state index contributed by atoms with van der Waals surface area (Å²) in [5.74, 6) is 0.262. The molecule has 0 aromatic heterocycles. The molecule has 1 atom stereocenters. The van der Waals surface area contributed by atoms with Crippen LogP contribution >= 0.6 is 0 Å². The Morgan fingerprint density at radius 3 is 2.17 bits per heavy atom. The van der Waals surface area contributed by atoms with E-state index in [4.69, 9.17) is 18.9 Å². The lowest BCUT2D eigenvalue weighted by Crippen LogP contribution is -2.39. The third kappa shape index (κ3) is 6.63. The van der Waals surface area contributed by atoms with Crippen molar-refractivity contribution in [3.05, 3.63) is 77.9 Å². The number of carbonyl (C=O) groups is 4. The maximum Gasteiger partial charge on any atom is 0.338 e. The van der Waals surface area contributed by atoms with E-state index in [1.807, 2.05) is 12.1 Å². The first kappa shape index (κ1) is 29.9. The van der Waals surface area contributed by atoms with E-state index >= 15 is 0 Å². The van der Waals surface area contributed by atoms with Gasteiger partial charge in [-0.25, -0.2) is 14.5 Å². The smallest absolute Gasteiger partial charge is 0.338 e. The number of anilines is 2. The predicted octanol–water partition coefficient (Wildman–Crippen LogP) is 4.30. The molecule has 3 aromatic carbocycles. The summed E-state index contributed by atoms with van der Waals surface area (Å²) in [5, 5.41) is 2.75. The Balaban J connectivity index is 1.53. The molecule has 1 aliphatic heterocycles. The van der Waals surface area contributed by atoms with Crippen molar-refractivity contribution in [2.75, 3.05) is 44.7 Å². The van der Waals surface area contributed by atoms with Crippen molar-refractivity contribution in [3.8, 4) is 17.2 Å². The second kappa shape index (κ2) is 13.5. The second-order valence-electron chi connectivity index (χ2n) is 9.35. The van der Waals surface area contributed by atoms with Gasteiger partial charge in [0.25, 0.3) is 5.91 Å². The molecule has 3 aromatic rings. The standard InChI is InChI=1S/C31H33N3O8/c1-5-42-30(37)21-7-9-22(10-8-21)32-28(35)19-25-29(36)34(23-11-13-24(39-2)14-12-23)31(38)33(25)17-16-20-6-15-26(40-3)27(18-20)41-4/h6-15,18,25H,5,16-17,19H2,1-4H3,(H,32,35)/t25-/m0/s1. The molecule has 1 aliphatic rings. The van der Waals surface area contributed by atoms with Gasteiger partial charge in [0.05, 0.1) is 45.6 Å². The summed E-state index contributed by atoms with van der Waals surface area (Å²) in [6, 6.07) is 16.7. The lowest BCUT2D eigenvalue weighted by molar-refractivity contribution is -0.124.